The third-order valence-electron chi connectivity index (χ3n) is 4.11. The number of rotatable bonds is 5. The fourth-order valence-electron chi connectivity index (χ4n) is 2.65. The first-order valence-electron chi connectivity index (χ1n) is 8.06. The summed E-state index contributed by atoms with van der Waals surface area (Å²) < 4.78 is 12.4. The summed E-state index contributed by atoms with van der Waals surface area (Å²) in [6, 6.07) is 11.1. The number of ether oxygens (including phenoxy) is 2. The number of benzene rings is 1. The monoisotopic (exact) mass is 352 g/mol. The number of imidazole rings is 1. The van der Waals surface area contributed by atoms with Gasteiger partial charge in [-0.05, 0) is 44.2 Å². The third kappa shape index (κ3) is 3.23. The van der Waals surface area contributed by atoms with Crippen LogP contribution < -0.4 is 14.9 Å². The number of hydrogen-bond donors (Lipinski definition) is 1. The Balaban J connectivity index is 1.82. The summed E-state index contributed by atoms with van der Waals surface area (Å²) in [7, 11) is 3.15. The molecule has 0 radical (unpaired) electrons. The summed E-state index contributed by atoms with van der Waals surface area (Å²) in [4.78, 5) is 16.8. The van der Waals surface area contributed by atoms with Crippen LogP contribution in [0.15, 0.2) is 47.7 Å². The van der Waals surface area contributed by atoms with Gasteiger partial charge in [0.25, 0.3) is 5.91 Å². The minimum Gasteiger partial charge on any atom is -0.493 e. The molecule has 3 rings (SSSR count). The molecule has 0 fully saturated rings. The molecule has 7 heteroatoms. The van der Waals surface area contributed by atoms with Gasteiger partial charge in [0.15, 0.2) is 17.2 Å². The number of hydrazone groups is 1. The lowest BCUT2D eigenvalue weighted by molar-refractivity contribution is 0.0950. The van der Waals surface area contributed by atoms with E-state index in [1.54, 1.807) is 33.3 Å². The molecule has 1 amide bonds. The van der Waals surface area contributed by atoms with E-state index in [4.69, 9.17) is 9.47 Å². The van der Waals surface area contributed by atoms with Crippen LogP contribution in [0.25, 0.3) is 5.65 Å². The van der Waals surface area contributed by atoms with Gasteiger partial charge in [-0.1, -0.05) is 6.07 Å². The molecule has 2 aromatic heterocycles. The smallest absolute Gasteiger partial charge is 0.291 e. The zero-order valence-electron chi connectivity index (χ0n) is 15.1. The van der Waals surface area contributed by atoms with Crippen molar-refractivity contribution in [1.29, 1.82) is 0 Å². The van der Waals surface area contributed by atoms with Gasteiger partial charge in [-0.2, -0.15) is 5.10 Å². The Hall–Kier alpha value is -3.35. The van der Waals surface area contributed by atoms with Crippen molar-refractivity contribution in [3.63, 3.8) is 0 Å². The lowest BCUT2D eigenvalue weighted by atomic mass is 10.1. The van der Waals surface area contributed by atoms with Crippen LogP contribution in [-0.4, -0.2) is 35.2 Å². The molecule has 0 aliphatic rings. The largest absolute Gasteiger partial charge is 0.493 e. The van der Waals surface area contributed by atoms with Crippen LogP contribution in [0.1, 0.15) is 28.7 Å². The van der Waals surface area contributed by atoms with Crippen LogP contribution in [0, 0.1) is 6.92 Å². The average molecular weight is 352 g/mol. The van der Waals surface area contributed by atoms with E-state index in [0.717, 1.165) is 16.9 Å². The maximum absolute atomic E-state index is 12.5. The van der Waals surface area contributed by atoms with Gasteiger partial charge in [-0.15, -0.1) is 0 Å². The second-order valence-corrected chi connectivity index (χ2v) is 5.68. The number of methoxy groups -OCH3 is 2. The van der Waals surface area contributed by atoms with Crippen LogP contribution in [0.2, 0.25) is 0 Å². The van der Waals surface area contributed by atoms with Gasteiger partial charge in [0.05, 0.1) is 25.6 Å². The number of aryl methyl sites for hydroxylation is 1. The molecule has 1 N–H and O–H groups in total. The quantitative estimate of drug-likeness (QED) is 0.566. The average Bonchev–Trinajstić information content (AvgIpc) is 3.02. The molecule has 0 saturated heterocycles. The van der Waals surface area contributed by atoms with E-state index < -0.39 is 0 Å². The number of aromatic nitrogens is 2. The molecule has 0 bridgehead atoms. The lowest BCUT2D eigenvalue weighted by Gasteiger charge is -2.09. The summed E-state index contributed by atoms with van der Waals surface area (Å²) in [5.74, 6) is 0.876. The minimum absolute atomic E-state index is 0.347. The lowest BCUT2D eigenvalue weighted by Crippen LogP contribution is -2.20. The predicted octanol–water partition coefficient (Wildman–Crippen LogP) is 2.81. The number of amides is 1. The third-order valence-corrected chi connectivity index (χ3v) is 4.11. The van der Waals surface area contributed by atoms with Gasteiger partial charge < -0.3 is 13.9 Å². The Morgan fingerprint density at radius 1 is 1.15 bits per heavy atom. The van der Waals surface area contributed by atoms with Crippen LogP contribution in [0.5, 0.6) is 11.5 Å². The standard InChI is InChI=1S/C19H20N4O3/c1-12(14-8-9-15(25-3)16(11-14)26-4)21-22-19(24)18-13(2)23-10-6-5-7-17(23)20-18/h5-11H,1-4H3,(H,22,24)/b21-12-. The fourth-order valence-corrected chi connectivity index (χ4v) is 2.65. The first-order chi connectivity index (χ1) is 12.5. The zero-order valence-corrected chi connectivity index (χ0v) is 15.1. The van der Waals surface area contributed by atoms with Gasteiger partial charge in [-0.3, -0.25) is 4.79 Å². The molecular formula is C19H20N4O3. The first kappa shape index (κ1) is 17.5. The molecule has 0 aliphatic carbocycles. The van der Waals surface area contributed by atoms with Gasteiger partial charge in [-0.25, -0.2) is 10.4 Å². The number of carbonyl (C=O) groups excluding carboxylic acids is 1. The maximum Gasteiger partial charge on any atom is 0.291 e. The second kappa shape index (κ2) is 7.26. The van der Waals surface area contributed by atoms with Gasteiger partial charge in [0.2, 0.25) is 0 Å². The van der Waals surface area contributed by atoms with Crippen molar-refractivity contribution in [3.8, 4) is 11.5 Å². The number of pyridine rings is 1. The van der Waals surface area contributed by atoms with Crippen molar-refractivity contribution in [2.24, 2.45) is 5.10 Å². The van der Waals surface area contributed by atoms with Crippen molar-refractivity contribution in [1.82, 2.24) is 14.8 Å². The highest BCUT2D eigenvalue weighted by atomic mass is 16.5. The van der Waals surface area contributed by atoms with E-state index in [2.05, 4.69) is 15.5 Å². The van der Waals surface area contributed by atoms with Crippen LogP contribution >= 0.6 is 0 Å². The number of carbonyl (C=O) groups is 1. The maximum atomic E-state index is 12.5. The van der Waals surface area contributed by atoms with Crippen molar-refractivity contribution >= 4 is 17.3 Å². The van der Waals surface area contributed by atoms with E-state index in [9.17, 15) is 4.79 Å². The topological polar surface area (TPSA) is 77.2 Å². The summed E-state index contributed by atoms with van der Waals surface area (Å²) in [6.45, 7) is 3.65. The van der Waals surface area contributed by atoms with Gasteiger partial charge in [0, 0.05) is 11.8 Å². The molecule has 134 valence electrons. The molecule has 3 aromatic rings. The minimum atomic E-state index is -0.356. The summed E-state index contributed by atoms with van der Waals surface area (Å²) in [6.07, 6.45) is 1.87. The normalized spacial score (nSPS) is 11.5. The molecule has 7 nitrogen and oxygen atoms in total. The Bertz CT molecular complexity index is 992. The molecule has 2 heterocycles. The van der Waals surface area contributed by atoms with Crippen LogP contribution in [0.4, 0.5) is 0 Å². The van der Waals surface area contributed by atoms with E-state index >= 15 is 0 Å². The Morgan fingerprint density at radius 2 is 1.92 bits per heavy atom. The zero-order chi connectivity index (χ0) is 18.7. The van der Waals surface area contributed by atoms with Crippen LogP contribution in [-0.2, 0) is 0 Å². The fraction of sp³-hybridized carbons (Fsp3) is 0.211. The second-order valence-electron chi connectivity index (χ2n) is 5.68. The van der Waals surface area contributed by atoms with Gasteiger partial charge >= 0.3 is 0 Å². The molecular weight excluding hydrogens is 332 g/mol. The van der Waals surface area contributed by atoms with Crippen molar-refractivity contribution in [2.45, 2.75) is 13.8 Å². The van der Waals surface area contributed by atoms with Crippen molar-refractivity contribution in [2.75, 3.05) is 14.2 Å². The van der Waals surface area contributed by atoms with E-state index in [-0.39, 0.29) is 5.91 Å². The molecule has 1 aromatic carbocycles. The molecule has 0 saturated carbocycles. The molecule has 0 unspecified atom stereocenters. The predicted molar refractivity (Wildman–Crippen MR) is 99.2 cm³/mol. The molecule has 0 atom stereocenters. The summed E-state index contributed by atoms with van der Waals surface area (Å²) in [5.41, 5.74) is 5.85. The molecule has 0 spiro atoms. The number of nitrogens with one attached hydrogen (secondary N) is 1. The van der Waals surface area contributed by atoms with E-state index in [0.29, 0.717) is 22.9 Å². The summed E-state index contributed by atoms with van der Waals surface area (Å²) >= 11 is 0. The van der Waals surface area contributed by atoms with Gasteiger partial charge in [0.1, 0.15) is 5.65 Å². The Kier molecular flexibility index (Phi) is 4.88. The van der Waals surface area contributed by atoms with Crippen molar-refractivity contribution in [3.05, 3.63) is 59.5 Å². The first-order valence-corrected chi connectivity index (χ1v) is 8.06. The van der Waals surface area contributed by atoms with E-state index in [1.807, 2.05) is 41.8 Å². The number of fused-ring (bicyclic) bond motifs is 1. The Morgan fingerprint density at radius 3 is 2.62 bits per heavy atom. The number of nitrogens with zero attached hydrogens (tertiary/aromatic N) is 3. The number of hydrogen-bond acceptors (Lipinski definition) is 5. The van der Waals surface area contributed by atoms with Crippen molar-refractivity contribution < 1.29 is 14.3 Å². The Labute approximate surface area is 151 Å². The molecule has 26 heavy (non-hydrogen) atoms. The molecule has 0 aliphatic heterocycles. The highest BCUT2D eigenvalue weighted by molar-refractivity contribution is 6.01. The highest BCUT2D eigenvalue weighted by Crippen LogP contribution is 2.27. The highest BCUT2D eigenvalue weighted by Gasteiger charge is 2.15. The summed E-state index contributed by atoms with van der Waals surface area (Å²) in [5, 5.41) is 4.18. The SMILES string of the molecule is COc1ccc(/C(C)=N\NC(=O)c2nc3ccccn3c2C)cc1OC. The van der Waals surface area contributed by atoms with Crippen LogP contribution in [0.3, 0.4) is 0 Å². The van der Waals surface area contributed by atoms with E-state index in [1.165, 1.54) is 0 Å².